The van der Waals surface area contributed by atoms with E-state index in [4.69, 9.17) is 10.8 Å². The molecule has 0 spiro atoms. The molecule has 1 unspecified atom stereocenters. The number of hydrogen-bond donors (Lipinski definition) is 2. The fourth-order valence-corrected chi connectivity index (χ4v) is 3.83. The highest BCUT2D eigenvalue weighted by molar-refractivity contribution is 5.81. The van der Waals surface area contributed by atoms with E-state index in [2.05, 4.69) is 53.6 Å². The van der Waals surface area contributed by atoms with E-state index >= 15 is 0 Å². The Labute approximate surface area is 159 Å². The number of aromatic amines is 1. The van der Waals surface area contributed by atoms with Crippen molar-refractivity contribution in [3.05, 3.63) is 88.7 Å². The molecule has 1 atom stereocenters. The van der Waals surface area contributed by atoms with E-state index in [0.29, 0.717) is 13.1 Å². The van der Waals surface area contributed by atoms with Crippen LogP contribution in [0.3, 0.4) is 0 Å². The van der Waals surface area contributed by atoms with E-state index in [1.165, 1.54) is 11.1 Å². The van der Waals surface area contributed by atoms with Crippen molar-refractivity contribution in [3.8, 4) is 0 Å². The molecule has 0 fully saturated rings. The number of carbonyl (C=O) groups is 1. The molecule has 0 saturated carbocycles. The number of rotatable bonds is 4. The molecule has 2 aromatic carbocycles. The Morgan fingerprint density at radius 2 is 1.67 bits per heavy atom. The fourth-order valence-electron chi connectivity index (χ4n) is 3.83. The molecule has 5 heteroatoms. The molecule has 1 aliphatic rings. The Kier molecular flexibility index (Phi) is 4.77. The van der Waals surface area contributed by atoms with Crippen LogP contribution in [-0.4, -0.2) is 33.6 Å². The Morgan fingerprint density at radius 1 is 1.07 bits per heavy atom. The normalized spacial score (nSPS) is 14.9. The zero-order valence-corrected chi connectivity index (χ0v) is 15.4. The number of nitrogens with zero attached hydrogens (tertiary/aromatic N) is 2. The van der Waals surface area contributed by atoms with Crippen LogP contribution in [0.2, 0.25) is 0 Å². The van der Waals surface area contributed by atoms with Gasteiger partial charge in [-0.3, -0.25) is 9.89 Å². The molecule has 0 bridgehead atoms. The molecule has 1 aliphatic heterocycles. The summed E-state index contributed by atoms with van der Waals surface area (Å²) in [5.41, 5.74) is 11.4. The predicted molar refractivity (Wildman–Crippen MR) is 105 cm³/mol. The first-order chi connectivity index (χ1) is 13.1. The summed E-state index contributed by atoms with van der Waals surface area (Å²) >= 11 is 0. The van der Waals surface area contributed by atoms with Gasteiger partial charge >= 0.3 is 0 Å². The molecule has 5 nitrogen and oxygen atoms in total. The van der Waals surface area contributed by atoms with Crippen molar-refractivity contribution in [2.45, 2.75) is 31.8 Å². The summed E-state index contributed by atoms with van der Waals surface area (Å²) in [6, 6.07) is 20.3. The Morgan fingerprint density at radius 3 is 2.22 bits per heavy atom. The van der Waals surface area contributed by atoms with Crippen molar-refractivity contribution >= 4 is 5.91 Å². The second-order valence-corrected chi connectivity index (χ2v) is 7.12. The van der Waals surface area contributed by atoms with Crippen LogP contribution < -0.4 is 5.73 Å². The van der Waals surface area contributed by atoms with E-state index in [1.807, 2.05) is 17.0 Å². The Bertz CT molecular complexity index is 879. The maximum Gasteiger partial charge on any atom is 0.239 e. The summed E-state index contributed by atoms with van der Waals surface area (Å²) in [6.07, 6.45) is 0.775. The molecule has 0 saturated heterocycles. The molecule has 0 aliphatic carbocycles. The number of hydrogen-bond acceptors (Lipinski definition) is 3. The van der Waals surface area contributed by atoms with Gasteiger partial charge in [-0.1, -0.05) is 60.7 Å². The van der Waals surface area contributed by atoms with Gasteiger partial charge in [0.1, 0.15) is 0 Å². The van der Waals surface area contributed by atoms with Crippen molar-refractivity contribution in [2.24, 2.45) is 5.73 Å². The number of carbonyl (C=O) groups excluding carboxylic acids is 1. The smallest absolute Gasteiger partial charge is 0.239 e. The van der Waals surface area contributed by atoms with Gasteiger partial charge in [-0.25, -0.2) is 0 Å². The van der Waals surface area contributed by atoms with Crippen LogP contribution in [-0.2, 0) is 17.8 Å². The van der Waals surface area contributed by atoms with Crippen LogP contribution in [0.15, 0.2) is 60.7 Å². The van der Waals surface area contributed by atoms with Crippen LogP contribution >= 0.6 is 0 Å². The maximum absolute atomic E-state index is 12.4. The zero-order valence-electron chi connectivity index (χ0n) is 15.4. The molecular weight excluding hydrogens is 336 g/mol. The van der Waals surface area contributed by atoms with Gasteiger partial charge in [-0.05, 0) is 18.1 Å². The molecule has 0 radical (unpaired) electrons. The summed E-state index contributed by atoms with van der Waals surface area (Å²) in [7, 11) is 0. The Balaban J connectivity index is 1.77. The molecule has 27 heavy (non-hydrogen) atoms. The Hall–Kier alpha value is -2.92. The third-order valence-electron chi connectivity index (χ3n) is 5.21. The van der Waals surface area contributed by atoms with Crippen molar-refractivity contribution in [1.29, 1.82) is 0 Å². The van der Waals surface area contributed by atoms with Gasteiger partial charge < -0.3 is 10.6 Å². The summed E-state index contributed by atoms with van der Waals surface area (Å²) in [4.78, 5) is 14.3. The van der Waals surface area contributed by atoms with Gasteiger partial charge in [0.2, 0.25) is 5.91 Å². The molecule has 1 amide bonds. The predicted octanol–water partition coefficient (Wildman–Crippen LogP) is 2.82. The number of aromatic nitrogens is 2. The molecule has 138 valence electrons. The second-order valence-electron chi connectivity index (χ2n) is 7.12. The van der Waals surface area contributed by atoms with Gasteiger partial charge in [0.25, 0.3) is 0 Å². The number of amides is 1. The first-order valence-electron chi connectivity index (χ1n) is 9.35. The first kappa shape index (κ1) is 17.5. The van der Waals surface area contributed by atoms with Crippen LogP contribution in [0.1, 0.15) is 40.9 Å². The quantitative estimate of drug-likeness (QED) is 0.751. The SMILES string of the molecule is CC(N)C(=O)N1CCc2[nH]nc(C(c3ccccc3)c3ccccc3)c2C1. The highest BCUT2D eigenvalue weighted by Crippen LogP contribution is 2.35. The summed E-state index contributed by atoms with van der Waals surface area (Å²) < 4.78 is 0. The van der Waals surface area contributed by atoms with Crippen molar-refractivity contribution in [2.75, 3.05) is 6.54 Å². The molecule has 3 N–H and O–H groups in total. The third-order valence-corrected chi connectivity index (χ3v) is 5.21. The average Bonchev–Trinajstić information content (AvgIpc) is 3.12. The second kappa shape index (κ2) is 7.37. The minimum Gasteiger partial charge on any atom is -0.337 e. The minimum atomic E-state index is -0.485. The van der Waals surface area contributed by atoms with E-state index in [-0.39, 0.29) is 11.8 Å². The monoisotopic (exact) mass is 360 g/mol. The van der Waals surface area contributed by atoms with Gasteiger partial charge in [-0.2, -0.15) is 5.10 Å². The van der Waals surface area contributed by atoms with Gasteiger partial charge in [0.15, 0.2) is 0 Å². The third kappa shape index (κ3) is 3.38. The lowest BCUT2D eigenvalue weighted by Crippen LogP contribution is -2.44. The summed E-state index contributed by atoms with van der Waals surface area (Å²) in [6.45, 7) is 2.97. The van der Waals surface area contributed by atoms with Crippen LogP contribution in [0.5, 0.6) is 0 Å². The van der Waals surface area contributed by atoms with E-state index < -0.39 is 6.04 Å². The lowest BCUT2D eigenvalue weighted by Gasteiger charge is -2.29. The first-order valence-corrected chi connectivity index (χ1v) is 9.35. The maximum atomic E-state index is 12.4. The topological polar surface area (TPSA) is 75.0 Å². The van der Waals surface area contributed by atoms with Crippen molar-refractivity contribution in [1.82, 2.24) is 15.1 Å². The standard InChI is InChI=1S/C22H24N4O/c1-15(23)22(27)26-13-12-19-18(14-26)21(25-24-19)20(16-8-4-2-5-9-16)17-10-6-3-7-11-17/h2-11,15,20H,12-14,23H2,1H3,(H,24,25). The molecule has 4 rings (SSSR count). The molecular formula is C22H24N4O. The largest absolute Gasteiger partial charge is 0.337 e. The van der Waals surface area contributed by atoms with Gasteiger partial charge in [0.05, 0.1) is 17.7 Å². The minimum absolute atomic E-state index is 0.0104. The van der Waals surface area contributed by atoms with Crippen LogP contribution in [0.25, 0.3) is 0 Å². The van der Waals surface area contributed by atoms with E-state index in [0.717, 1.165) is 23.4 Å². The molecule has 2 heterocycles. The fraction of sp³-hybridized carbons (Fsp3) is 0.273. The van der Waals surface area contributed by atoms with Gasteiger partial charge in [0, 0.05) is 30.8 Å². The van der Waals surface area contributed by atoms with Crippen molar-refractivity contribution < 1.29 is 4.79 Å². The van der Waals surface area contributed by atoms with Crippen molar-refractivity contribution in [3.63, 3.8) is 0 Å². The average molecular weight is 360 g/mol. The summed E-state index contributed by atoms with van der Waals surface area (Å²) in [5, 5.41) is 7.91. The lowest BCUT2D eigenvalue weighted by atomic mass is 9.85. The molecule has 3 aromatic rings. The van der Waals surface area contributed by atoms with E-state index in [1.54, 1.807) is 6.92 Å². The molecule has 1 aromatic heterocycles. The number of nitrogens with one attached hydrogen (secondary N) is 1. The van der Waals surface area contributed by atoms with Crippen LogP contribution in [0.4, 0.5) is 0 Å². The lowest BCUT2D eigenvalue weighted by molar-refractivity contribution is -0.133. The number of fused-ring (bicyclic) bond motifs is 1. The highest BCUT2D eigenvalue weighted by atomic mass is 16.2. The number of benzene rings is 2. The number of nitrogens with two attached hydrogens (primary N) is 1. The zero-order chi connectivity index (χ0) is 18.8. The van der Waals surface area contributed by atoms with Crippen LogP contribution in [0, 0.1) is 0 Å². The summed E-state index contributed by atoms with van der Waals surface area (Å²) in [5.74, 6) is 0.0153. The van der Waals surface area contributed by atoms with Gasteiger partial charge in [-0.15, -0.1) is 0 Å². The van der Waals surface area contributed by atoms with E-state index in [9.17, 15) is 4.79 Å². The highest BCUT2D eigenvalue weighted by Gasteiger charge is 2.30. The number of H-pyrrole nitrogens is 1.